The first kappa shape index (κ1) is 40.7. The SMILES string of the molecule is CCCCC[C@H]1CC[C@H](CCCOc2ccc(CO[C@H](C)[C@@H](C)OCc3ccc(OCCC[C@H]4CC[C@H](CCCCC)CC4)cc3)cc2)CC1. The molecule has 0 aromatic heterocycles. The maximum absolute atomic E-state index is 6.18. The summed E-state index contributed by atoms with van der Waals surface area (Å²) in [7, 11) is 0. The van der Waals surface area contributed by atoms with E-state index in [2.05, 4.69) is 76.2 Å². The lowest BCUT2D eigenvalue weighted by Gasteiger charge is -2.28. The molecule has 2 fully saturated rings. The van der Waals surface area contributed by atoms with E-state index in [0.29, 0.717) is 13.2 Å². The Kier molecular flexibility index (Phi) is 19.8. The number of ether oxygens (including phenoxy) is 4. The van der Waals surface area contributed by atoms with Gasteiger partial charge in [-0.15, -0.1) is 0 Å². The maximum atomic E-state index is 6.18. The number of unbranched alkanes of at least 4 members (excludes halogenated alkanes) is 4. The number of hydrogen-bond acceptors (Lipinski definition) is 4. The van der Waals surface area contributed by atoms with Crippen molar-refractivity contribution in [2.45, 2.75) is 182 Å². The lowest BCUT2D eigenvalue weighted by molar-refractivity contribution is -0.0687. The van der Waals surface area contributed by atoms with E-state index in [1.54, 1.807) is 0 Å². The molecule has 2 aliphatic carbocycles. The van der Waals surface area contributed by atoms with E-state index in [4.69, 9.17) is 18.9 Å². The third kappa shape index (κ3) is 16.1. The molecule has 2 saturated carbocycles. The molecule has 2 aromatic carbocycles. The highest BCUT2D eigenvalue weighted by atomic mass is 16.5. The molecule has 0 radical (unpaired) electrons. The molecule has 282 valence electrons. The largest absolute Gasteiger partial charge is 0.494 e. The Morgan fingerprint density at radius 2 is 0.780 bits per heavy atom. The van der Waals surface area contributed by atoms with Gasteiger partial charge in [0.1, 0.15) is 11.5 Å². The number of hydrogen-bond donors (Lipinski definition) is 0. The summed E-state index contributed by atoms with van der Waals surface area (Å²) in [5.41, 5.74) is 2.32. The van der Waals surface area contributed by atoms with Gasteiger partial charge in [-0.25, -0.2) is 0 Å². The molecule has 0 unspecified atom stereocenters. The third-order valence-corrected chi connectivity index (χ3v) is 11.9. The molecule has 0 N–H and O–H groups in total. The van der Waals surface area contributed by atoms with Crippen LogP contribution in [0, 0.1) is 23.7 Å². The van der Waals surface area contributed by atoms with Gasteiger partial charge in [0.15, 0.2) is 0 Å². The molecule has 0 amide bonds. The predicted octanol–water partition coefficient (Wildman–Crippen LogP) is 13.3. The molecule has 0 bridgehead atoms. The molecular formula is C46H74O4. The first-order chi connectivity index (χ1) is 24.5. The van der Waals surface area contributed by atoms with Crippen LogP contribution < -0.4 is 9.47 Å². The Morgan fingerprint density at radius 1 is 0.460 bits per heavy atom. The minimum absolute atomic E-state index is 0.00366. The van der Waals surface area contributed by atoms with Crippen molar-refractivity contribution in [1.29, 1.82) is 0 Å². The first-order valence-electron chi connectivity index (χ1n) is 21.2. The quantitative estimate of drug-likeness (QED) is 0.0972. The summed E-state index contributed by atoms with van der Waals surface area (Å²) in [6.45, 7) is 11.6. The van der Waals surface area contributed by atoms with E-state index in [1.165, 1.54) is 116 Å². The van der Waals surface area contributed by atoms with Gasteiger partial charge in [0.05, 0.1) is 38.6 Å². The molecule has 4 rings (SSSR count). The van der Waals surface area contributed by atoms with Crippen LogP contribution in [0.15, 0.2) is 48.5 Å². The normalized spacial score (nSPS) is 22.2. The van der Waals surface area contributed by atoms with Crippen LogP contribution in [-0.2, 0) is 22.7 Å². The molecule has 4 heteroatoms. The van der Waals surface area contributed by atoms with Crippen molar-refractivity contribution in [2.75, 3.05) is 13.2 Å². The lowest BCUT2D eigenvalue weighted by atomic mass is 9.78. The second kappa shape index (κ2) is 24.2. The predicted molar refractivity (Wildman–Crippen MR) is 210 cm³/mol. The molecule has 50 heavy (non-hydrogen) atoms. The van der Waals surface area contributed by atoms with Gasteiger partial charge < -0.3 is 18.9 Å². The average molecular weight is 691 g/mol. The van der Waals surface area contributed by atoms with Gasteiger partial charge in [0.2, 0.25) is 0 Å². The van der Waals surface area contributed by atoms with E-state index in [9.17, 15) is 0 Å². The summed E-state index contributed by atoms with van der Waals surface area (Å²) in [5, 5.41) is 0. The van der Waals surface area contributed by atoms with Crippen LogP contribution in [0.25, 0.3) is 0 Å². The van der Waals surface area contributed by atoms with Crippen LogP contribution in [0.2, 0.25) is 0 Å². The van der Waals surface area contributed by atoms with Crippen molar-refractivity contribution in [3.05, 3.63) is 59.7 Å². The van der Waals surface area contributed by atoms with Gasteiger partial charge in [-0.05, 0) is 98.6 Å². The van der Waals surface area contributed by atoms with Crippen LogP contribution in [0.1, 0.15) is 167 Å². The van der Waals surface area contributed by atoms with E-state index >= 15 is 0 Å². The Labute approximate surface area is 307 Å². The monoisotopic (exact) mass is 691 g/mol. The van der Waals surface area contributed by atoms with Crippen LogP contribution in [0.4, 0.5) is 0 Å². The molecule has 2 atom stereocenters. The van der Waals surface area contributed by atoms with Gasteiger partial charge in [-0.3, -0.25) is 0 Å². The number of benzene rings is 2. The zero-order valence-electron chi connectivity index (χ0n) is 32.7. The van der Waals surface area contributed by atoms with Gasteiger partial charge in [-0.1, -0.05) is 141 Å². The Morgan fingerprint density at radius 3 is 1.10 bits per heavy atom. The summed E-state index contributed by atoms with van der Waals surface area (Å²) in [5.74, 6) is 5.73. The summed E-state index contributed by atoms with van der Waals surface area (Å²) in [6, 6.07) is 16.8. The second-order valence-corrected chi connectivity index (χ2v) is 16.1. The summed E-state index contributed by atoms with van der Waals surface area (Å²) in [4.78, 5) is 0. The summed E-state index contributed by atoms with van der Waals surface area (Å²) < 4.78 is 24.5. The van der Waals surface area contributed by atoms with Gasteiger partial charge in [0, 0.05) is 0 Å². The van der Waals surface area contributed by atoms with E-state index in [-0.39, 0.29) is 12.2 Å². The summed E-state index contributed by atoms with van der Waals surface area (Å²) in [6.07, 6.45) is 27.7. The molecule has 2 aromatic rings. The molecule has 4 nitrogen and oxygen atoms in total. The molecule has 0 heterocycles. The second-order valence-electron chi connectivity index (χ2n) is 16.1. The van der Waals surface area contributed by atoms with E-state index in [0.717, 1.165) is 72.4 Å². The van der Waals surface area contributed by atoms with Gasteiger partial charge in [0.25, 0.3) is 0 Å². The molecule has 2 aliphatic rings. The van der Waals surface area contributed by atoms with Crippen LogP contribution in [0.5, 0.6) is 11.5 Å². The van der Waals surface area contributed by atoms with Gasteiger partial charge in [-0.2, -0.15) is 0 Å². The average Bonchev–Trinajstić information content (AvgIpc) is 3.15. The topological polar surface area (TPSA) is 36.9 Å². The number of rotatable bonds is 25. The first-order valence-corrected chi connectivity index (χ1v) is 21.2. The fourth-order valence-electron chi connectivity index (χ4n) is 8.20. The fraction of sp³-hybridized carbons (Fsp3) is 0.739. The van der Waals surface area contributed by atoms with Crippen molar-refractivity contribution < 1.29 is 18.9 Å². The highest BCUT2D eigenvalue weighted by Gasteiger charge is 2.22. The Bertz CT molecular complexity index is 1010. The van der Waals surface area contributed by atoms with Crippen LogP contribution in [-0.4, -0.2) is 25.4 Å². The standard InChI is InChI=1S/C46H74O4/c1-5-7-9-13-39-17-21-41(22-18-39)15-11-33-47-45-29-25-43(26-30-45)35-49-37(3)38(4)50-36-44-27-31-46(32-28-44)48-34-12-16-42-23-19-40(20-24-42)14-10-8-6-2/h25-32,37-42H,5-24,33-36H2,1-4H3/t37-,38-,39-,40-,41-,42-/m1/s1. The minimum atomic E-state index is -0.00366. The van der Waals surface area contributed by atoms with Crippen LogP contribution >= 0.6 is 0 Å². The fourth-order valence-corrected chi connectivity index (χ4v) is 8.20. The molecule has 0 aliphatic heterocycles. The van der Waals surface area contributed by atoms with Crippen molar-refractivity contribution in [3.63, 3.8) is 0 Å². The van der Waals surface area contributed by atoms with Crippen LogP contribution in [0.3, 0.4) is 0 Å². The van der Waals surface area contributed by atoms with E-state index in [1.807, 2.05) is 0 Å². The molecular weight excluding hydrogens is 617 g/mol. The summed E-state index contributed by atoms with van der Waals surface area (Å²) >= 11 is 0. The van der Waals surface area contributed by atoms with Crippen molar-refractivity contribution in [2.24, 2.45) is 23.7 Å². The van der Waals surface area contributed by atoms with Crippen molar-refractivity contribution in [3.8, 4) is 11.5 Å². The third-order valence-electron chi connectivity index (χ3n) is 11.9. The lowest BCUT2D eigenvalue weighted by Crippen LogP contribution is -2.26. The van der Waals surface area contributed by atoms with Crippen molar-refractivity contribution >= 4 is 0 Å². The maximum Gasteiger partial charge on any atom is 0.119 e. The Hall–Kier alpha value is -2.04. The molecule has 0 saturated heterocycles. The highest BCUT2D eigenvalue weighted by molar-refractivity contribution is 5.27. The zero-order chi connectivity index (χ0) is 35.2. The Balaban J connectivity index is 1.00. The minimum Gasteiger partial charge on any atom is -0.494 e. The van der Waals surface area contributed by atoms with Crippen molar-refractivity contribution in [1.82, 2.24) is 0 Å². The zero-order valence-corrected chi connectivity index (χ0v) is 32.7. The van der Waals surface area contributed by atoms with E-state index < -0.39 is 0 Å². The van der Waals surface area contributed by atoms with Gasteiger partial charge >= 0.3 is 0 Å². The highest BCUT2D eigenvalue weighted by Crippen LogP contribution is 2.35. The molecule has 0 spiro atoms. The smallest absolute Gasteiger partial charge is 0.119 e.